The molecule has 8 heteroatoms. The van der Waals surface area contributed by atoms with Gasteiger partial charge in [-0.15, -0.1) is 0 Å². The van der Waals surface area contributed by atoms with Crippen molar-refractivity contribution < 1.29 is 18.0 Å². The van der Waals surface area contributed by atoms with Gasteiger partial charge in [-0.3, -0.25) is 4.79 Å². The van der Waals surface area contributed by atoms with Crippen LogP contribution in [0.5, 0.6) is 0 Å². The van der Waals surface area contributed by atoms with E-state index in [1.165, 1.54) is 6.07 Å². The molecule has 1 aromatic heterocycles. The summed E-state index contributed by atoms with van der Waals surface area (Å²) in [6.07, 6.45) is 0. The molecule has 3 rings (SSSR count). The van der Waals surface area contributed by atoms with Gasteiger partial charge >= 0.3 is 0 Å². The third-order valence-electron chi connectivity index (χ3n) is 4.02. The van der Waals surface area contributed by atoms with Crippen LogP contribution in [0.2, 0.25) is 0 Å². The molecule has 2 aromatic carbocycles. The Hall–Kier alpha value is -3.42. The molecule has 1 amide bonds. The maximum atomic E-state index is 13.8. The second-order valence-corrected chi connectivity index (χ2v) is 6.17. The first-order chi connectivity index (χ1) is 13.3. The molecule has 28 heavy (non-hydrogen) atoms. The van der Waals surface area contributed by atoms with Crippen molar-refractivity contribution in [1.82, 2.24) is 9.97 Å². The highest BCUT2D eigenvalue weighted by Gasteiger charge is 2.18. The lowest BCUT2D eigenvalue weighted by Gasteiger charge is -2.15. The summed E-state index contributed by atoms with van der Waals surface area (Å²) in [4.78, 5) is 20.8. The van der Waals surface area contributed by atoms with Crippen molar-refractivity contribution in [2.75, 3.05) is 10.6 Å². The van der Waals surface area contributed by atoms with Crippen molar-refractivity contribution in [2.45, 2.75) is 19.9 Å². The van der Waals surface area contributed by atoms with Gasteiger partial charge in [0.2, 0.25) is 5.95 Å². The van der Waals surface area contributed by atoms with Gasteiger partial charge in [0.15, 0.2) is 17.5 Å². The third kappa shape index (κ3) is 4.28. The number of aromatic nitrogens is 2. The first-order valence-electron chi connectivity index (χ1n) is 8.47. The van der Waals surface area contributed by atoms with E-state index in [0.29, 0.717) is 5.69 Å². The number of anilines is 2. The zero-order valence-electron chi connectivity index (χ0n) is 15.1. The van der Waals surface area contributed by atoms with E-state index < -0.39 is 29.0 Å². The number of amides is 1. The number of nitrogens with zero attached hydrogens (tertiary/aromatic N) is 2. The summed E-state index contributed by atoms with van der Waals surface area (Å²) in [5, 5.41) is 5.30. The molecule has 144 valence electrons. The van der Waals surface area contributed by atoms with Crippen molar-refractivity contribution in [1.29, 1.82) is 0 Å². The largest absolute Gasteiger partial charge is 0.348 e. The topological polar surface area (TPSA) is 66.9 Å². The lowest BCUT2D eigenvalue weighted by molar-refractivity contribution is 0.102. The minimum atomic E-state index is -1.66. The predicted molar refractivity (Wildman–Crippen MR) is 99.5 cm³/mol. The summed E-state index contributed by atoms with van der Waals surface area (Å²) in [5.41, 5.74) is 0.989. The molecule has 1 unspecified atom stereocenters. The van der Waals surface area contributed by atoms with Gasteiger partial charge in [-0.2, -0.15) is 0 Å². The van der Waals surface area contributed by atoms with E-state index in [1.54, 1.807) is 6.92 Å². The first kappa shape index (κ1) is 19.3. The average molecular weight is 386 g/mol. The average Bonchev–Trinajstić information content (AvgIpc) is 2.68. The number of hydrogen-bond acceptors (Lipinski definition) is 4. The summed E-state index contributed by atoms with van der Waals surface area (Å²) in [6, 6.07) is 12.5. The van der Waals surface area contributed by atoms with Crippen LogP contribution in [0.25, 0.3) is 0 Å². The number of carbonyl (C=O) groups is 1. The molecule has 0 bridgehead atoms. The van der Waals surface area contributed by atoms with Gasteiger partial charge in [0.1, 0.15) is 5.69 Å². The molecule has 0 radical (unpaired) electrons. The predicted octanol–water partition coefficient (Wildman–Crippen LogP) is 4.63. The quantitative estimate of drug-likeness (QED) is 0.628. The molecular formula is C20H17F3N4O. The second kappa shape index (κ2) is 8.08. The Morgan fingerprint density at radius 1 is 1.00 bits per heavy atom. The summed E-state index contributed by atoms with van der Waals surface area (Å²) >= 11 is 0. The molecule has 5 nitrogen and oxygen atoms in total. The zero-order chi connectivity index (χ0) is 20.3. The van der Waals surface area contributed by atoms with Crippen molar-refractivity contribution in [2.24, 2.45) is 0 Å². The summed E-state index contributed by atoms with van der Waals surface area (Å²) < 4.78 is 40.2. The van der Waals surface area contributed by atoms with Crippen LogP contribution < -0.4 is 10.6 Å². The molecular weight excluding hydrogens is 369 g/mol. The van der Waals surface area contributed by atoms with Crippen LogP contribution in [0.3, 0.4) is 0 Å². The normalized spacial score (nSPS) is 11.8. The molecule has 3 aromatic rings. The van der Waals surface area contributed by atoms with E-state index in [1.807, 2.05) is 37.3 Å². The van der Waals surface area contributed by atoms with Gasteiger partial charge in [-0.1, -0.05) is 30.3 Å². The molecule has 0 fully saturated rings. The number of benzene rings is 2. The Morgan fingerprint density at radius 2 is 1.71 bits per heavy atom. The lowest BCUT2D eigenvalue weighted by atomic mass is 10.1. The molecule has 2 N–H and O–H groups in total. The van der Waals surface area contributed by atoms with Crippen molar-refractivity contribution in [3.8, 4) is 0 Å². The van der Waals surface area contributed by atoms with Crippen molar-refractivity contribution in [3.63, 3.8) is 0 Å². The Morgan fingerprint density at radius 3 is 2.43 bits per heavy atom. The van der Waals surface area contributed by atoms with E-state index in [9.17, 15) is 18.0 Å². The SMILES string of the molecule is Cc1cc(C(=O)Nc2ccc(F)c(F)c2F)nc(NC(C)c2ccccc2)n1. The third-order valence-corrected chi connectivity index (χ3v) is 4.02. The highest BCUT2D eigenvalue weighted by Crippen LogP contribution is 2.21. The number of nitrogens with one attached hydrogen (secondary N) is 2. The molecule has 0 spiro atoms. The van der Waals surface area contributed by atoms with Crippen LogP contribution in [0.4, 0.5) is 24.8 Å². The molecule has 1 heterocycles. The van der Waals surface area contributed by atoms with E-state index in [-0.39, 0.29) is 17.7 Å². The maximum absolute atomic E-state index is 13.8. The van der Waals surface area contributed by atoms with Gasteiger partial charge in [0.05, 0.1) is 11.7 Å². The molecule has 0 saturated carbocycles. The van der Waals surface area contributed by atoms with Crippen LogP contribution in [0.15, 0.2) is 48.5 Å². The fourth-order valence-corrected chi connectivity index (χ4v) is 2.58. The Kier molecular flexibility index (Phi) is 5.58. The van der Waals surface area contributed by atoms with Crippen LogP contribution in [0.1, 0.15) is 34.7 Å². The highest BCUT2D eigenvalue weighted by molar-refractivity contribution is 6.03. The van der Waals surface area contributed by atoms with Crippen LogP contribution in [0, 0.1) is 24.4 Å². The van der Waals surface area contributed by atoms with Gasteiger partial charge in [0.25, 0.3) is 5.91 Å². The first-order valence-corrected chi connectivity index (χ1v) is 8.47. The molecule has 0 saturated heterocycles. The van der Waals surface area contributed by atoms with Gasteiger partial charge in [-0.25, -0.2) is 23.1 Å². The van der Waals surface area contributed by atoms with Crippen LogP contribution in [-0.2, 0) is 0 Å². The van der Waals surface area contributed by atoms with Crippen molar-refractivity contribution >= 4 is 17.5 Å². The fraction of sp³-hybridized carbons (Fsp3) is 0.150. The van der Waals surface area contributed by atoms with E-state index in [4.69, 9.17) is 0 Å². The number of rotatable bonds is 5. The number of aryl methyl sites for hydroxylation is 1. The van der Waals surface area contributed by atoms with Crippen LogP contribution in [-0.4, -0.2) is 15.9 Å². The highest BCUT2D eigenvalue weighted by atomic mass is 19.2. The molecule has 0 aliphatic carbocycles. The van der Waals surface area contributed by atoms with Crippen LogP contribution >= 0.6 is 0 Å². The van der Waals surface area contributed by atoms with E-state index >= 15 is 0 Å². The van der Waals surface area contributed by atoms with E-state index in [0.717, 1.165) is 17.7 Å². The standard InChI is InChI=1S/C20H17F3N4O/c1-11-10-16(19(28)26-15-9-8-14(21)17(22)18(15)23)27-20(24-11)25-12(2)13-6-4-3-5-7-13/h3-10,12H,1-2H3,(H,26,28)(H,24,25,27). The monoisotopic (exact) mass is 386 g/mol. The van der Waals surface area contributed by atoms with Gasteiger partial charge < -0.3 is 10.6 Å². The lowest BCUT2D eigenvalue weighted by Crippen LogP contribution is -2.18. The fourth-order valence-electron chi connectivity index (χ4n) is 2.58. The number of carbonyl (C=O) groups excluding carboxylic acids is 1. The van der Waals surface area contributed by atoms with Gasteiger partial charge in [0, 0.05) is 5.69 Å². The Labute approximate surface area is 159 Å². The summed E-state index contributed by atoms with van der Waals surface area (Å²) in [5.74, 6) is -5.03. The minimum Gasteiger partial charge on any atom is -0.348 e. The zero-order valence-corrected chi connectivity index (χ0v) is 15.1. The number of hydrogen-bond donors (Lipinski definition) is 2. The second-order valence-electron chi connectivity index (χ2n) is 6.17. The smallest absolute Gasteiger partial charge is 0.274 e. The van der Waals surface area contributed by atoms with Crippen molar-refractivity contribution in [3.05, 3.63) is 82.9 Å². The number of halogens is 3. The Balaban J connectivity index is 1.81. The minimum absolute atomic E-state index is 0.0422. The Bertz CT molecular complexity index is 1010. The summed E-state index contributed by atoms with van der Waals surface area (Å²) in [7, 11) is 0. The maximum Gasteiger partial charge on any atom is 0.274 e. The van der Waals surface area contributed by atoms with E-state index in [2.05, 4.69) is 20.6 Å². The molecule has 0 aliphatic rings. The van der Waals surface area contributed by atoms with Gasteiger partial charge in [-0.05, 0) is 37.6 Å². The molecule has 0 aliphatic heterocycles. The summed E-state index contributed by atoms with van der Waals surface area (Å²) in [6.45, 7) is 3.59. The molecule has 1 atom stereocenters.